The van der Waals surface area contributed by atoms with Crippen LogP contribution in [0.3, 0.4) is 0 Å². The van der Waals surface area contributed by atoms with Crippen molar-refractivity contribution in [2.75, 3.05) is 33.2 Å². The fraction of sp³-hybridized carbons (Fsp3) is 0.278. The highest BCUT2D eigenvalue weighted by Gasteiger charge is 2.08. The van der Waals surface area contributed by atoms with E-state index in [1.165, 1.54) is 0 Å². The van der Waals surface area contributed by atoms with Gasteiger partial charge in [-0.1, -0.05) is 12.1 Å². The summed E-state index contributed by atoms with van der Waals surface area (Å²) in [6.07, 6.45) is 0. The molecule has 6 nitrogen and oxygen atoms in total. The summed E-state index contributed by atoms with van der Waals surface area (Å²) in [5, 5.41) is 5.92. The summed E-state index contributed by atoms with van der Waals surface area (Å²) in [6, 6.07) is 12.9. The molecule has 0 heterocycles. The number of ether oxygens (including phenoxy) is 3. The quantitative estimate of drug-likeness (QED) is 0.778. The van der Waals surface area contributed by atoms with Crippen molar-refractivity contribution in [2.45, 2.75) is 6.54 Å². The summed E-state index contributed by atoms with van der Waals surface area (Å²) in [4.78, 5) is 12.0. The first-order valence-electron chi connectivity index (χ1n) is 7.51. The van der Waals surface area contributed by atoms with Crippen molar-refractivity contribution in [3.8, 4) is 17.2 Å². The molecule has 0 radical (unpaired) electrons. The first kappa shape index (κ1) is 17.6. The molecule has 0 saturated carbocycles. The number of carbonyl (C=O) groups excluding carboxylic acids is 1. The van der Waals surface area contributed by atoms with E-state index < -0.39 is 0 Å². The van der Waals surface area contributed by atoms with Gasteiger partial charge in [-0.05, 0) is 29.8 Å². The number of anilines is 1. The van der Waals surface area contributed by atoms with Crippen LogP contribution in [0.1, 0.15) is 5.56 Å². The lowest BCUT2D eigenvalue weighted by atomic mass is 10.2. The summed E-state index contributed by atoms with van der Waals surface area (Å²) in [7, 11) is 4.76. The van der Waals surface area contributed by atoms with Crippen molar-refractivity contribution in [1.29, 1.82) is 0 Å². The lowest BCUT2D eigenvalue weighted by Gasteiger charge is -2.12. The summed E-state index contributed by atoms with van der Waals surface area (Å²) in [5.41, 5.74) is 1.68. The molecule has 2 rings (SSSR count). The second kappa shape index (κ2) is 8.79. The zero-order valence-electron chi connectivity index (χ0n) is 14.1. The molecule has 6 heteroatoms. The van der Waals surface area contributed by atoms with E-state index in [4.69, 9.17) is 14.2 Å². The zero-order valence-corrected chi connectivity index (χ0v) is 14.1. The van der Waals surface area contributed by atoms with Crippen LogP contribution >= 0.6 is 0 Å². The van der Waals surface area contributed by atoms with Crippen LogP contribution in [0.25, 0.3) is 0 Å². The number of carbonyl (C=O) groups is 1. The molecule has 2 aromatic rings. The minimum Gasteiger partial charge on any atom is -0.497 e. The maximum absolute atomic E-state index is 12.0. The van der Waals surface area contributed by atoms with Crippen LogP contribution in [0, 0.1) is 0 Å². The normalized spacial score (nSPS) is 10.1. The van der Waals surface area contributed by atoms with Crippen LogP contribution in [0.15, 0.2) is 42.5 Å². The molecule has 0 atom stereocenters. The molecule has 0 aliphatic carbocycles. The Morgan fingerprint density at radius 2 is 1.58 bits per heavy atom. The molecule has 0 aliphatic heterocycles. The van der Waals surface area contributed by atoms with Crippen molar-refractivity contribution < 1.29 is 19.0 Å². The van der Waals surface area contributed by atoms with Gasteiger partial charge in [0.25, 0.3) is 0 Å². The molecule has 1 amide bonds. The summed E-state index contributed by atoms with van der Waals surface area (Å²) < 4.78 is 15.5. The highest BCUT2D eigenvalue weighted by molar-refractivity contribution is 5.93. The van der Waals surface area contributed by atoms with E-state index in [-0.39, 0.29) is 12.5 Å². The SMILES string of the molecule is COc1ccc(CNCC(=O)Nc2ccc(OC)cc2OC)cc1. The molecule has 0 spiro atoms. The first-order chi connectivity index (χ1) is 11.7. The van der Waals surface area contributed by atoms with E-state index in [1.54, 1.807) is 39.5 Å². The van der Waals surface area contributed by atoms with E-state index >= 15 is 0 Å². The number of hydrogen-bond acceptors (Lipinski definition) is 5. The smallest absolute Gasteiger partial charge is 0.238 e. The number of amides is 1. The Bertz CT molecular complexity index is 671. The Balaban J connectivity index is 1.84. The van der Waals surface area contributed by atoms with Gasteiger partial charge < -0.3 is 24.8 Å². The molecule has 2 aromatic carbocycles. The van der Waals surface area contributed by atoms with Gasteiger partial charge in [-0.15, -0.1) is 0 Å². The van der Waals surface area contributed by atoms with Gasteiger partial charge >= 0.3 is 0 Å². The van der Waals surface area contributed by atoms with Gasteiger partial charge in [-0.2, -0.15) is 0 Å². The summed E-state index contributed by atoms with van der Waals surface area (Å²) in [6.45, 7) is 0.790. The van der Waals surface area contributed by atoms with Crippen LogP contribution in [0.4, 0.5) is 5.69 Å². The van der Waals surface area contributed by atoms with Gasteiger partial charge in [0.2, 0.25) is 5.91 Å². The number of nitrogens with one attached hydrogen (secondary N) is 2. The number of hydrogen-bond donors (Lipinski definition) is 2. The van der Waals surface area contributed by atoms with Crippen LogP contribution < -0.4 is 24.8 Å². The number of methoxy groups -OCH3 is 3. The van der Waals surface area contributed by atoms with Gasteiger partial charge in [-0.3, -0.25) is 4.79 Å². The number of benzene rings is 2. The molecular formula is C18H22N2O4. The van der Waals surface area contributed by atoms with Crippen molar-refractivity contribution in [3.05, 3.63) is 48.0 Å². The Hall–Kier alpha value is -2.73. The monoisotopic (exact) mass is 330 g/mol. The Morgan fingerprint density at radius 1 is 0.917 bits per heavy atom. The van der Waals surface area contributed by atoms with E-state index in [1.807, 2.05) is 24.3 Å². The lowest BCUT2D eigenvalue weighted by Crippen LogP contribution is -2.27. The van der Waals surface area contributed by atoms with Crippen LogP contribution in [-0.2, 0) is 11.3 Å². The molecular weight excluding hydrogens is 308 g/mol. The second-order valence-corrected chi connectivity index (χ2v) is 5.07. The van der Waals surface area contributed by atoms with E-state index in [0.29, 0.717) is 23.7 Å². The fourth-order valence-electron chi connectivity index (χ4n) is 2.16. The van der Waals surface area contributed by atoms with E-state index in [2.05, 4.69) is 10.6 Å². The molecule has 0 aromatic heterocycles. The molecule has 128 valence electrons. The van der Waals surface area contributed by atoms with E-state index in [9.17, 15) is 4.79 Å². The average molecular weight is 330 g/mol. The van der Waals surface area contributed by atoms with Crippen molar-refractivity contribution in [1.82, 2.24) is 5.32 Å². The van der Waals surface area contributed by atoms with Gasteiger partial charge in [0, 0.05) is 12.6 Å². The predicted molar refractivity (Wildman–Crippen MR) is 92.9 cm³/mol. The minimum absolute atomic E-state index is 0.146. The minimum atomic E-state index is -0.146. The predicted octanol–water partition coefficient (Wildman–Crippen LogP) is 2.44. The Morgan fingerprint density at radius 3 is 2.21 bits per heavy atom. The van der Waals surface area contributed by atoms with Crippen molar-refractivity contribution >= 4 is 11.6 Å². The first-order valence-corrected chi connectivity index (χ1v) is 7.51. The fourth-order valence-corrected chi connectivity index (χ4v) is 2.16. The lowest BCUT2D eigenvalue weighted by molar-refractivity contribution is -0.115. The molecule has 24 heavy (non-hydrogen) atoms. The summed E-state index contributed by atoms with van der Waals surface area (Å²) in [5.74, 6) is 1.88. The highest BCUT2D eigenvalue weighted by atomic mass is 16.5. The number of rotatable bonds is 8. The molecule has 0 saturated heterocycles. The topological polar surface area (TPSA) is 68.8 Å². The standard InChI is InChI=1S/C18H22N2O4/c1-22-14-6-4-13(5-7-14)11-19-12-18(21)20-16-9-8-15(23-2)10-17(16)24-3/h4-10,19H,11-12H2,1-3H3,(H,20,21). The van der Waals surface area contributed by atoms with Crippen molar-refractivity contribution in [3.63, 3.8) is 0 Å². The third-order valence-corrected chi connectivity index (χ3v) is 3.46. The molecule has 0 bridgehead atoms. The second-order valence-electron chi connectivity index (χ2n) is 5.07. The summed E-state index contributed by atoms with van der Waals surface area (Å²) >= 11 is 0. The van der Waals surface area contributed by atoms with E-state index in [0.717, 1.165) is 11.3 Å². The maximum atomic E-state index is 12.0. The maximum Gasteiger partial charge on any atom is 0.238 e. The van der Waals surface area contributed by atoms with Crippen molar-refractivity contribution in [2.24, 2.45) is 0 Å². The Kier molecular flexibility index (Phi) is 6.45. The molecule has 2 N–H and O–H groups in total. The highest BCUT2D eigenvalue weighted by Crippen LogP contribution is 2.28. The average Bonchev–Trinajstić information content (AvgIpc) is 2.62. The largest absolute Gasteiger partial charge is 0.497 e. The van der Waals surface area contributed by atoms with Crippen LogP contribution in [0.5, 0.6) is 17.2 Å². The Labute approximate surface area is 141 Å². The third kappa shape index (κ3) is 4.89. The van der Waals surface area contributed by atoms with Crippen LogP contribution in [0.2, 0.25) is 0 Å². The van der Waals surface area contributed by atoms with Crippen LogP contribution in [-0.4, -0.2) is 33.8 Å². The zero-order chi connectivity index (χ0) is 17.4. The molecule has 0 fully saturated rings. The molecule has 0 unspecified atom stereocenters. The van der Waals surface area contributed by atoms with Gasteiger partial charge in [0.15, 0.2) is 0 Å². The molecule has 0 aliphatic rings. The third-order valence-electron chi connectivity index (χ3n) is 3.46. The van der Waals surface area contributed by atoms with Gasteiger partial charge in [0.05, 0.1) is 33.6 Å². The van der Waals surface area contributed by atoms with Gasteiger partial charge in [-0.25, -0.2) is 0 Å². The van der Waals surface area contributed by atoms with Gasteiger partial charge in [0.1, 0.15) is 17.2 Å².